The van der Waals surface area contributed by atoms with Gasteiger partial charge in [0, 0.05) is 40.5 Å². The van der Waals surface area contributed by atoms with Crippen LogP contribution in [0.3, 0.4) is 0 Å². The monoisotopic (exact) mass is 539 g/mol. The number of carbonyl (C=O) groups is 3. The highest BCUT2D eigenvalue weighted by atomic mass is 16.2. The lowest BCUT2D eigenvalue weighted by Crippen LogP contribution is -2.51. The van der Waals surface area contributed by atoms with Crippen LogP contribution in [0.5, 0.6) is 0 Å². The van der Waals surface area contributed by atoms with Gasteiger partial charge in [0.2, 0.25) is 5.91 Å². The molecule has 0 saturated carbocycles. The number of nitrogens with zero attached hydrogens (tertiary/aromatic N) is 2. The molecule has 202 valence electrons. The largest absolute Gasteiger partial charge is 0.352 e. The quantitative estimate of drug-likeness (QED) is 0.325. The summed E-state index contributed by atoms with van der Waals surface area (Å²) in [5.74, 6) is -1.70. The molecule has 6 heteroatoms. The van der Waals surface area contributed by atoms with E-state index in [-0.39, 0.29) is 17.5 Å². The number of hydrogen-bond donors (Lipinski definition) is 1. The number of Topliss-reactive ketones (excluding diaryl/α,β-unsaturated/α-hetero) is 2. The van der Waals surface area contributed by atoms with Crippen LogP contribution >= 0.6 is 0 Å². The molecule has 1 spiro atoms. The van der Waals surface area contributed by atoms with Crippen molar-refractivity contribution in [3.63, 3.8) is 0 Å². The van der Waals surface area contributed by atoms with Crippen molar-refractivity contribution in [3.05, 3.63) is 131 Å². The summed E-state index contributed by atoms with van der Waals surface area (Å²) in [7, 11) is 0. The SMILES string of the molecule is CC1=C[C@H]2N(c3ccc(C)cc31)[C@H](C(=O)c1ccc(C)cc1)[C@@H](C(=O)c1ccncc1)[C@]21C(=O)Nc2ccccc21. The maximum atomic E-state index is 14.7. The van der Waals surface area contributed by atoms with Gasteiger partial charge in [0.1, 0.15) is 11.5 Å². The van der Waals surface area contributed by atoms with Gasteiger partial charge in [-0.1, -0.05) is 65.7 Å². The number of aromatic nitrogens is 1. The van der Waals surface area contributed by atoms with Crippen LogP contribution in [0.25, 0.3) is 5.57 Å². The van der Waals surface area contributed by atoms with Gasteiger partial charge < -0.3 is 10.2 Å². The number of benzene rings is 3. The Morgan fingerprint density at radius 3 is 2.27 bits per heavy atom. The second-order valence-corrected chi connectivity index (χ2v) is 11.3. The van der Waals surface area contributed by atoms with E-state index in [9.17, 15) is 14.4 Å². The highest BCUT2D eigenvalue weighted by Gasteiger charge is 2.70. The number of ketones is 2. The van der Waals surface area contributed by atoms with E-state index < -0.39 is 23.4 Å². The van der Waals surface area contributed by atoms with Crippen LogP contribution in [0.15, 0.2) is 97.3 Å². The van der Waals surface area contributed by atoms with Gasteiger partial charge >= 0.3 is 0 Å². The Morgan fingerprint density at radius 2 is 1.51 bits per heavy atom. The average Bonchev–Trinajstić information content (AvgIpc) is 3.45. The van der Waals surface area contributed by atoms with Crippen molar-refractivity contribution in [2.24, 2.45) is 5.92 Å². The van der Waals surface area contributed by atoms with Gasteiger partial charge in [-0.15, -0.1) is 0 Å². The van der Waals surface area contributed by atoms with Crippen LogP contribution in [-0.4, -0.2) is 34.5 Å². The van der Waals surface area contributed by atoms with Crippen molar-refractivity contribution in [2.75, 3.05) is 10.2 Å². The number of pyridine rings is 1. The highest BCUT2D eigenvalue weighted by molar-refractivity contribution is 6.18. The zero-order valence-corrected chi connectivity index (χ0v) is 23.1. The van der Waals surface area contributed by atoms with Gasteiger partial charge in [0.05, 0.1) is 12.0 Å². The van der Waals surface area contributed by atoms with Crippen LogP contribution in [0.4, 0.5) is 11.4 Å². The zero-order chi connectivity index (χ0) is 28.5. The molecule has 3 aliphatic rings. The van der Waals surface area contributed by atoms with Gasteiger partial charge in [-0.05, 0) is 62.2 Å². The van der Waals surface area contributed by atoms with Gasteiger partial charge in [0.25, 0.3) is 0 Å². The van der Waals surface area contributed by atoms with Crippen molar-refractivity contribution in [1.82, 2.24) is 4.98 Å². The third-order valence-corrected chi connectivity index (χ3v) is 8.98. The lowest BCUT2D eigenvalue weighted by Gasteiger charge is -2.39. The minimum Gasteiger partial charge on any atom is -0.352 e. The number of anilines is 2. The fourth-order valence-corrected chi connectivity index (χ4v) is 7.13. The first-order valence-electron chi connectivity index (χ1n) is 13.9. The molecule has 4 aromatic rings. The fraction of sp³-hybridized carbons (Fsp3) is 0.200. The predicted octanol–water partition coefficient (Wildman–Crippen LogP) is 5.94. The first-order valence-corrected chi connectivity index (χ1v) is 13.9. The molecule has 0 unspecified atom stereocenters. The fourth-order valence-electron chi connectivity index (χ4n) is 7.13. The van der Waals surface area contributed by atoms with E-state index >= 15 is 0 Å². The number of fused-ring (bicyclic) bond motifs is 6. The predicted molar refractivity (Wildman–Crippen MR) is 159 cm³/mol. The van der Waals surface area contributed by atoms with Crippen molar-refractivity contribution in [3.8, 4) is 0 Å². The summed E-state index contributed by atoms with van der Waals surface area (Å²) in [5.41, 5.74) is 6.02. The Balaban J connectivity index is 1.56. The molecule has 1 fully saturated rings. The molecular weight excluding hydrogens is 510 g/mol. The summed E-state index contributed by atoms with van der Waals surface area (Å²) in [5, 5.41) is 3.08. The molecule has 6 nitrogen and oxygen atoms in total. The first-order chi connectivity index (χ1) is 19.8. The van der Waals surface area contributed by atoms with E-state index in [4.69, 9.17) is 0 Å². The van der Waals surface area contributed by atoms with E-state index in [1.807, 2.05) is 81.4 Å². The topological polar surface area (TPSA) is 79.4 Å². The molecule has 1 amide bonds. The number of allylic oxidation sites excluding steroid dienone is 1. The van der Waals surface area contributed by atoms with E-state index in [0.717, 1.165) is 33.5 Å². The van der Waals surface area contributed by atoms with Crippen molar-refractivity contribution in [1.29, 1.82) is 0 Å². The third-order valence-electron chi connectivity index (χ3n) is 8.98. The summed E-state index contributed by atoms with van der Waals surface area (Å²) >= 11 is 0. The van der Waals surface area contributed by atoms with Crippen LogP contribution in [0.2, 0.25) is 0 Å². The molecule has 0 aliphatic carbocycles. The minimum absolute atomic E-state index is 0.184. The molecule has 1 saturated heterocycles. The van der Waals surface area contributed by atoms with Crippen molar-refractivity contribution >= 4 is 34.4 Å². The molecule has 4 heterocycles. The Bertz CT molecular complexity index is 1780. The summed E-state index contributed by atoms with van der Waals surface area (Å²) in [6, 6.07) is 23.0. The first kappa shape index (κ1) is 25.1. The van der Waals surface area contributed by atoms with Crippen LogP contribution < -0.4 is 10.2 Å². The minimum atomic E-state index is -1.33. The third kappa shape index (κ3) is 3.50. The van der Waals surface area contributed by atoms with Crippen LogP contribution in [0, 0.1) is 19.8 Å². The average molecular weight is 540 g/mol. The van der Waals surface area contributed by atoms with Gasteiger partial charge in [-0.2, -0.15) is 0 Å². The van der Waals surface area contributed by atoms with E-state index in [1.165, 1.54) is 0 Å². The molecule has 41 heavy (non-hydrogen) atoms. The van der Waals surface area contributed by atoms with E-state index in [1.54, 1.807) is 24.5 Å². The standard InChI is InChI=1S/C35H29N3O3/c1-20-8-11-23(12-9-20)33(40)31-30(32(39)24-14-16-36-17-15-24)35(26-6-4-5-7-27(26)37-34(35)41)29-19-22(3)25-18-21(2)10-13-28(25)38(29)31/h4-19,29-31H,1-3H3,(H,37,41)/t29-,30+,31+,35-/m1/s1. The molecule has 0 bridgehead atoms. The zero-order valence-electron chi connectivity index (χ0n) is 23.1. The van der Waals surface area contributed by atoms with Crippen LogP contribution in [-0.2, 0) is 10.2 Å². The Kier molecular flexibility index (Phi) is 5.58. The normalized spacial score (nSPS) is 23.9. The molecule has 3 aromatic carbocycles. The van der Waals surface area contributed by atoms with E-state index in [2.05, 4.69) is 27.3 Å². The molecule has 7 rings (SSSR count). The van der Waals surface area contributed by atoms with Gasteiger partial charge in [-0.25, -0.2) is 0 Å². The number of nitrogens with one attached hydrogen (secondary N) is 1. The second-order valence-electron chi connectivity index (χ2n) is 11.3. The summed E-state index contributed by atoms with van der Waals surface area (Å²) in [6.07, 6.45) is 5.23. The molecule has 1 N–H and O–H groups in total. The molecule has 1 aromatic heterocycles. The molecule has 4 atom stereocenters. The van der Waals surface area contributed by atoms with Crippen molar-refractivity contribution < 1.29 is 14.4 Å². The molecule has 0 radical (unpaired) electrons. The molecule has 3 aliphatic heterocycles. The van der Waals surface area contributed by atoms with Crippen molar-refractivity contribution in [2.45, 2.75) is 38.3 Å². The lowest BCUT2D eigenvalue weighted by molar-refractivity contribution is -0.121. The second kappa shape index (κ2) is 9.10. The van der Waals surface area contributed by atoms with Gasteiger partial charge in [0.15, 0.2) is 11.6 Å². The summed E-state index contributed by atoms with van der Waals surface area (Å²) < 4.78 is 0. The number of carbonyl (C=O) groups excluding carboxylic acids is 3. The summed E-state index contributed by atoms with van der Waals surface area (Å²) in [6.45, 7) is 6.05. The Labute approximate surface area is 238 Å². The van der Waals surface area contributed by atoms with E-state index in [0.29, 0.717) is 16.8 Å². The maximum absolute atomic E-state index is 14.7. The summed E-state index contributed by atoms with van der Waals surface area (Å²) in [4.78, 5) is 50.1. The van der Waals surface area contributed by atoms with Crippen LogP contribution in [0.1, 0.15) is 49.9 Å². The molecular formula is C35H29N3O3. The number of hydrogen-bond acceptors (Lipinski definition) is 5. The number of amides is 1. The van der Waals surface area contributed by atoms with Gasteiger partial charge in [-0.3, -0.25) is 19.4 Å². The number of aryl methyl sites for hydroxylation is 2. The smallest absolute Gasteiger partial charge is 0.238 e. The highest BCUT2D eigenvalue weighted by Crippen LogP contribution is 2.58. The number of para-hydroxylation sites is 1. The lowest BCUT2D eigenvalue weighted by atomic mass is 9.64. The Hall–Kier alpha value is -4.84. The number of rotatable bonds is 4. The Morgan fingerprint density at radius 1 is 0.829 bits per heavy atom. The maximum Gasteiger partial charge on any atom is 0.238 e.